The lowest BCUT2D eigenvalue weighted by Crippen LogP contribution is -2.01. The molecule has 2 atom stereocenters. The van der Waals surface area contributed by atoms with E-state index in [1.165, 1.54) is 11.1 Å². The normalized spacial score (nSPS) is 27.2. The fourth-order valence-electron chi connectivity index (χ4n) is 1.94. The van der Waals surface area contributed by atoms with E-state index in [0.29, 0.717) is 5.92 Å². The van der Waals surface area contributed by atoms with E-state index in [1.807, 2.05) is 0 Å². The Hall–Kier alpha value is -0.820. The van der Waals surface area contributed by atoms with Gasteiger partial charge in [0.15, 0.2) is 0 Å². The van der Waals surface area contributed by atoms with Crippen molar-refractivity contribution in [3.8, 4) is 0 Å². The second-order valence-electron chi connectivity index (χ2n) is 3.83. The molecule has 1 aliphatic carbocycles. The molecule has 0 heterocycles. The fraction of sp³-hybridized carbons (Fsp3) is 0.455. The first-order valence-corrected chi connectivity index (χ1v) is 4.46. The zero-order chi connectivity index (χ0) is 8.72. The van der Waals surface area contributed by atoms with Crippen molar-refractivity contribution in [2.24, 2.45) is 5.92 Å². The number of fused-ring (bicyclic) bond motifs is 1. The predicted molar refractivity (Wildman–Crippen MR) is 49.0 cm³/mol. The van der Waals surface area contributed by atoms with Crippen LogP contribution in [0.25, 0.3) is 0 Å². The van der Waals surface area contributed by atoms with Crippen LogP contribution in [0.15, 0.2) is 18.2 Å². The van der Waals surface area contributed by atoms with Crippen molar-refractivity contribution in [1.82, 2.24) is 0 Å². The Kier molecular flexibility index (Phi) is 1.69. The van der Waals surface area contributed by atoms with Crippen molar-refractivity contribution < 1.29 is 5.11 Å². The molecule has 1 nitrogen and oxygen atoms in total. The largest absolute Gasteiger partial charge is 0.388 e. The Morgan fingerprint density at radius 2 is 2.17 bits per heavy atom. The highest BCUT2D eigenvalue weighted by atomic mass is 16.3. The van der Waals surface area contributed by atoms with Gasteiger partial charge in [0.1, 0.15) is 0 Å². The smallest absolute Gasteiger partial charge is 0.0821 e. The Labute approximate surface area is 73.0 Å². The maximum Gasteiger partial charge on any atom is 0.0821 e. The fourth-order valence-corrected chi connectivity index (χ4v) is 1.94. The summed E-state index contributed by atoms with van der Waals surface area (Å²) in [5.74, 6) is 0.391. The highest BCUT2D eigenvalue weighted by Crippen LogP contribution is 2.35. The van der Waals surface area contributed by atoms with Gasteiger partial charge < -0.3 is 5.11 Å². The van der Waals surface area contributed by atoms with E-state index in [2.05, 4.69) is 32.0 Å². The summed E-state index contributed by atoms with van der Waals surface area (Å²) in [6.45, 7) is 4.16. The molecule has 0 amide bonds. The van der Waals surface area contributed by atoms with Gasteiger partial charge in [-0.3, -0.25) is 0 Å². The molecule has 0 aliphatic heterocycles. The van der Waals surface area contributed by atoms with Gasteiger partial charge in [-0.2, -0.15) is 0 Å². The van der Waals surface area contributed by atoms with E-state index >= 15 is 0 Å². The van der Waals surface area contributed by atoms with Crippen molar-refractivity contribution in [3.63, 3.8) is 0 Å². The lowest BCUT2D eigenvalue weighted by molar-refractivity contribution is 0.133. The number of aryl methyl sites for hydroxylation is 1. The highest BCUT2D eigenvalue weighted by Gasteiger charge is 2.26. The molecular formula is C11H14O. The second kappa shape index (κ2) is 2.60. The van der Waals surface area contributed by atoms with Crippen molar-refractivity contribution in [1.29, 1.82) is 0 Å². The SMILES string of the molecule is Cc1ccc2c(c1)[C@H](O)[C@@H](C)C2. The summed E-state index contributed by atoms with van der Waals surface area (Å²) in [5.41, 5.74) is 3.70. The Morgan fingerprint density at radius 3 is 2.92 bits per heavy atom. The number of hydrogen-bond donors (Lipinski definition) is 1. The van der Waals surface area contributed by atoms with Gasteiger partial charge in [-0.05, 0) is 30.4 Å². The molecule has 12 heavy (non-hydrogen) atoms. The zero-order valence-corrected chi connectivity index (χ0v) is 7.54. The zero-order valence-electron chi connectivity index (χ0n) is 7.54. The van der Waals surface area contributed by atoms with E-state index in [9.17, 15) is 5.11 Å². The molecule has 0 bridgehead atoms. The highest BCUT2D eigenvalue weighted by molar-refractivity contribution is 5.37. The van der Waals surface area contributed by atoms with Crippen molar-refractivity contribution in [2.45, 2.75) is 26.4 Å². The number of rotatable bonds is 0. The molecule has 0 unspecified atom stereocenters. The number of benzene rings is 1. The van der Waals surface area contributed by atoms with E-state index in [1.54, 1.807) is 0 Å². The van der Waals surface area contributed by atoms with Crippen LogP contribution in [0, 0.1) is 12.8 Å². The first-order valence-electron chi connectivity index (χ1n) is 4.46. The van der Waals surface area contributed by atoms with Crippen LogP contribution in [0.1, 0.15) is 29.7 Å². The third-order valence-electron chi connectivity index (χ3n) is 2.70. The average molecular weight is 162 g/mol. The van der Waals surface area contributed by atoms with Gasteiger partial charge in [0.05, 0.1) is 6.10 Å². The van der Waals surface area contributed by atoms with Gasteiger partial charge in [-0.25, -0.2) is 0 Å². The van der Waals surface area contributed by atoms with Gasteiger partial charge in [-0.1, -0.05) is 30.7 Å². The molecule has 0 saturated carbocycles. The lowest BCUT2D eigenvalue weighted by Gasteiger charge is -2.08. The summed E-state index contributed by atoms with van der Waals surface area (Å²) >= 11 is 0. The molecule has 1 aliphatic rings. The lowest BCUT2D eigenvalue weighted by atomic mass is 10.1. The Bertz CT molecular complexity index is 304. The van der Waals surface area contributed by atoms with Crippen LogP contribution in [0.5, 0.6) is 0 Å². The maximum absolute atomic E-state index is 9.77. The Morgan fingerprint density at radius 1 is 1.42 bits per heavy atom. The number of hydrogen-bond acceptors (Lipinski definition) is 1. The van der Waals surface area contributed by atoms with Crippen LogP contribution in [0.3, 0.4) is 0 Å². The molecule has 1 aromatic rings. The van der Waals surface area contributed by atoms with Crippen molar-refractivity contribution >= 4 is 0 Å². The van der Waals surface area contributed by atoms with Crippen LogP contribution in [-0.2, 0) is 6.42 Å². The molecule has 0 spiro atoms. The summed E-state index contributed by atoms with van der Waals surface area (Å²) in [6, 6.07) is 6.35. The third-order valence-corrected chi connectivity index (χ3v) is 2.70. The van der Waals surface area contributed by atoms with Crippen LogP contribution in [0.4, 0.5) is 0 Å². The molecule has 0 aromatic heterocycles. The monoisotopic (exact) mass is 162 g/mol. The standard InChI is InChI=1S/C11H14O/c1-7-3-4-9-6-8(2)11(12)10(9)5-7/h3-5,8,11-12H,6H2,1-2H3/t8-,11+/m0/s1. The maximum atomic E-state index is 9.77. The van der Waals surface area contributed by atoms with Crippen LogP contribution >= 0.6 is 0 Å². The van der Waals surface area contributed by atoms with Gasteiger partial charge in [0.2, 0.25) is 0 Å². The predicted octanol–water partition coefficient (Wildman–Crippen LogP) is 2.22. The molecule has 64 valence electrons. The van der Waals surface area contributed by atoms with E-state index in [4.69, 9.17) is 0 Å². The van der Waals surface area contributed by atoms with Crippen LogP contribution in [-0.4, -0.2) is 5.11 Å². The molecule has 0 radical (unpaired) electrons. The van der Waals surface area contributed by atoms with Gasteiger partial charge in [0, 0.05) is 0 Å². The summed E-state index contributed by atoms with van der Waals surface area (Å²) in [4.78, 5) is 0. The molecular weight excluding hydrogens is 148 g/mol. The number of aliphatic hydroxyl groups is 1. The summed E-state index contributed by atoms with van der Waals surface area (Å²) in [7, 11) is 0. The van der Waals surface area contributed by atoms with Crippen molar-refractivity contribution in [2.75, 3.05) is 0 Å². The van der Waals surface area contributed by atoms with Gasteiger partial charge in [0.25, 0.3) is 0 Å². The quantitative estimate of drug-likeness (QED) is 0.620. The summed E-state index contributed by atoms with van der Waals surface area (Å²) in [6.07, 6.45) is 0.788. The molecule has 1 aromatic carbocycles. The van der Waals surface area contributed by atoms with Crippen LogP contribution < -0.4 is 0 Å². The number of aliphatic hydroxyl groups excluding tert-OH is 1. The molecule has 0 saturated heterocycles. The Balaban J connectivity index is 2.48. The van der Waals surface area contributed by atoms with Gasteiger partial charge in [-0.15, -0.1) is 0 Å². The molecule has 1 N–H and O–H groups in total. The first kappa shape index (κ1) is 7.81. The topological polar surface area (TPSA) is 20.2 Å². The van der Waals surface area contributed by atoms with Gasteiger partial charge >= 0.3 is 0 Å². The minimum Gasteiger partial charge on any atom is -0.388 e. The van der Waals surface area contributed by atoms with E-state index < -0.39 is 0 Å². The van der Waals surface area contributed by atoms with Crippen molar-refractivity contribution in [3.05, 3.63) is 34.9 Å². The van der Waals surface area contributed by atoms with E-state index in [0.717, 1.165) is 12.0 Å². The first-order chi connectivity index (χ1) is 5.68. The van der Waals surface area contributed by atoms with Crippen LogP contribution in [0.2, 0.25) is 0 Å². The average Bonchev–Trinajstić information content (AvgIpc) is 2.31. The third kappa shape index (κ3) is 1.05. The second-order valence-corrected chi connectivity index (χ2v) is 3.83. The minimum absolute atomic E-state index is 0.236. The molecule has 1 heteroatoms. The molecule has 2 rings (SSSR count). The minimum atomic E-state index is -0.236. The van der Waals surface area contributed by atoms with E-state index in [-0.39, 0.29) is 6.10 Å². The molecule has 0 fully saturated rings. The summed E-state index contributed by atoms with van der Waals surface area (Å²) in [5, 5.41) is 9.77. The summed E-state index contributed by atoms with van der Waals surface area (Å²) < 4.78 is 0.